The second-order valence-corrected chi connectivity index (χ2v) is 9.04. The fourth-order valence-electron chi connectivity index (χ4n) is 4.50. The van der Waals surface area contributed by atoms with Crippen molar-refractivity contribution in [2.24, 2.45) is 0 Å². The lowest BCUT2D eigenvalue weighted by molar-refractivity contribution is -0.112. The third-order valence-electron chi connectivity index (χ3n) is 6.59. The number of fused-ring (bicyclic) bond motifs is 1. The van der Waals surface area contributed by atoms with Crippen molar-refractivity contribution in [2.75, 3.05) is 16.8 Å². The molecule has 1 heterocycles. The molecule has 5 rings (SSSR count). The van der Waals surface area contributed by atoms with Gasteiger partial charge in [-0.1, -0.05) is 42.5 Å². The van der Waals surface area contributed by atoms with E-state index >= 15 is 0 Å². The Hall–Kier alpha value is -4.71. The van der Waals surface area contributed by atoms with Gasteiger partial charge in [-0.05, 0) is 84.6 Å². The van der Waals surface area contributed by atoms with Crippen LogP contribution >= 0.6 is 0 Å². The lowest BCUT2D eigenvalue weighted by Gasteiger charge is -2.17. The molecule has 37 heavy (non-hydrogen) atoms. The summed E-state index contributed by atoms with van der Waals surface area (Å²) in [5.41, 5.74) is 7.38. The van der Waals surface area contributed by atoms with E-state index in [0.717, 1.165) is 16.8 Å². The molecule has 1 aliphatic rings. The Labute approximate surface area is 214 Å². The number of amides is 1. The highest BCUT2D eigenvalue weighted by atomic mass is 19.1. The number of aromatic carboxylic acids is 1. The zero-order valence-electron chi connectivity index (χ0n) is 20.5. The Morgan fingerprint density at radius 2 is 1.70 bits per heavy atom. The Kier molecular flexibility index (Phi) is 6.32. The van der Waals surface area contributed by atoms with Crippen molar-refractivity contribution < 1.29 is 19.1 Å². The molecular formula is C31H25FN2O3. The van der Waals surface area contributed by atoms with Crippen LogP contribution in [0.5, 0.6) is 0 Å². The van der Waals surface area contributed by atoms with Crippen LogP contribution in [0.3, 0.4) is 0 Å². The molecule has 0 unspecified atom stereocenters. The van der Waals surface area contributed by atoms with E-state index in [-0.39, 0.29) is 11.5 Å². The van der Waals surface area contributed by atoms with Gasteiger partial charge in [-0.25, -0.2) is 9.18 Å². The number of carbonyl (C=O) groups is 2. The minimum absolute atomic E-state index is 0.0664. The SMILES string of the molecule is Cc1ccc(-c2cccc(NC/C=C3\C(=O)N(c4cccc(C(=O)O)c4)c4ccc(F)cc43)c2)cc1C. The van der Waals surface area contributed by atoms with E-state index in [2.05, 4.69) is 49.5 Å². The van der Waals surface area contributed by atoms with Crippen LogP contribution in [0.2, 0.25) is 0 Å². The molecule has 184 valence electrons. The molecule has 2 N–H and O–H groups in total. The Balaban J connectivity index is 1.42. The zero-order chi connectivity index (χ0) is 26.1. The van der Waals surface area contributed by atoms with Crippen molar-refractivity contribution in [3.63, 3.8) is 0 Å². The largest absolute Gasteiger partial charge is 0.478 e. The summed E-state index contributed by atoms with van der Waals surface area (Å²) in [6.45, 7) is 4.52. The number of nitrogens with zero attached hydrogens (tertiary/aromatic N) is 1. The van der Waals surface area contributed by atoms with E-state index in [1.807, 2.05) is 12.1 Å². The molecule has 0 saturated heterocycles. The van der Waals surface area contributed by atoms with E-state index in [9.17, 15) is 19.1 Å². The predicted octanol–water partition coefficient (Wildman–Crippen LogP) is 6.98. The minimum atomic E-state index is -1.09. The van der Waals surface area contributed by atoms with Gasteiger partial charge in [0.15, 0.2) is 0 Å². The quantitative estimate of drug-likeness (QED) is 0.285. The monoisotopic (exact) mass is 492 g/mol. The molecule has 0 aliphatic carbocycles. The minimum Gasteiger partial charge on any atom is -0.478 e. The van der Waals surface area contributed by atoms with E-state index in [1.165, 1.54) is 46.4 Å². The summed E-state index contributed by atoms with van der Waals surface area (Å²) in [4.78, 5) is 26.3. The van der Waals surface area contributed by atoms with Crippen LogP contribution in [-0.2, 0) is 4.79 Å². The Bertz CT molecular complexity index is 1570. The number of nitrogens with one attached hydrogen (secondary N) is 1. The first kappa shape index (κ1) is 24.0. The van der Waals surface area contributed by atoms with Crippen molar-refractivity contribution in [2.45, 2.75) is 13.8 Å². The van der Waals surface area contributed by atoms with Gasteiger partial charge in [0, 0.05) is 23.4 Å². The molecule has 0 aromatic heterocycles. The first-order valence-electron chi connectivity index (χ1n) is 11.9. The maximum Gasteiger partial charge on any atom is 0.335 e. The van der Waals surface area contributed by atoms with Crippen LogP contribution in [0.25, 0.3) is 16.7 Å². The van der Waals surface area contributed by atoms with E-state index in [0.29, 0.717) is 29.1 Å². The molecule has 6 heteroatoms. The van der Waals surface area contributed by atoms with Gasteiger partial charge in [-0.2, -0.15) is 0 Å². The lowest BCUT2D eigenvalue weighted by atomic mass is 10.0. The van der Waals surface area contributed by atoms with Crippen LogP contribution in [0.15, 0.2) is 91.0 Å². The lowest BCUT2D eigenvalue weighted by Crippen LogP contribution is -2.21. The highest BCUT2D eigenvalue weighted by Crippen LogP contribution is 2.42. The zero-order valence-corrected chi connectivity index (χ0v) is 20.5. The molecule has 1 aliphatic heterocycles. The topological polar surface area (TPSA) is 69.6 Å². The average Bonchev–Trinajstić information content (AvgIpc) is 3.16. The standard InChI is InChI=1S/C31H25FN2O3/c1-19-9-10-22(15-20(19)2)21-5-3-7-25(16-21)33-14-13-27-28-18-24(32)11-12-29(28)34(30(27)35)26-8-4-6-23(17-26)31(36)37/h3-13,15-18,33H,14H2,1-2H3,(H,36,37)/b27-13-. The summed E-state index contributed by atoms with van der Waals surface area (Å²) in [7, 11) is 0. The van der Waals surface area contributed by atoms with Crippen molar-refractivity contribution in [3.8, 4) is 11.1 Å². The molecule has 4 aromatic carbocycles. The summed E-state index contributed by atoms with van der Waals surface area (Å²) >= 11 is 0. The number of hydrogen-bond donors (Lipinski definition) is 2. The van der Waals surface area contributed by atoms with Gasteiger partial charge in [0.05, 0.1) is 16.9 Å². The van der Waals surface area contributed by atoms with Gasteiger partial charge in [-0.3, -0.25) is 9.69 Å². The maximum absolute atomic E-state index is 14.2. The number of carboxylic acid groups (broad SMARTS) is 1. The first-order valence-corrected chi connectivity index (χ1v) is 11.9. The number of benzene rings is 4. The van der Waals surface area contributed by atoms with Gasteiger partial charge in [0.25, 0.3) is 5.91 Å². The third kappa shape index (κ3) is 4.74. The molecule has 0 bridgehead atoms. The van der Waals surface area contributed by atoms with Gasteiger partial charge >= 0.3 is 5.97 Å². The summed E-state index contributed by atoms with van der Waals surface area (Å²) in [5.74, 6) is -1.88. The summed E-state index contributed by atoms with van der Waals surface area (Å²) < 4.78 is 14.2. The smallest absolute Gasteiger partial charge is 0.335 e. The highest BCUT2D eigenvalue weighted by molar-refractivity contribution is 6.35. The van der Waals surface area contributed by atoms with Gasteiger partial charge < -0.3 is 10.4 Å². The number of anilines is 3. The molecule has 5 nitrogen and oxygen atoms in total. The van der Waals surface area contributed by atoms with Crippen LogP contribution < -0.4 is 10.2 Å². The number of aryl methyl sites for hydroxylation is 2. The molecule has 0 saturated carbocycles. The molecule has 0 atom stereocenters. The number of carboxylic acids is 1. The molecule has 0 fully saturated rings. The maximum atomic E-state index is 14.2. The van der Waals surface area contributed by atoms with Crippen LogP contribution in [0.1, 0.15) is 27.0 Å². The normalized spacial score (nSPS) is 13.6. The number of hydrogen-bond acceptors (Lipinski definition) is 3. The number of halogens is 1. The highest BCUT2D eigenvalue weighted by Gasteiger charge is 2.34. The molecular weight excluding hydrogens is 467 g/mol. The van der Waals surface area contributed by atoms with Crippen LogP contribution in [-0.4, -0.2) is 23.5 Å². The number of rotatable bonds is 6. The third-order valence-corrected chi connectivity index (χ3v) is 6.59. The molecule has 1 amide bonds. The van der Waals surface area contributed by atoms with Crippen LogP contribution in [0, 0.1) is 19.7 Å². The fourth-order valence-corrected chi connectivity index (χ4v) is 4.50. The molecule has 4 aromatic rings. The Morgan fingerprint density at radius 3 is 2.49 bits per heavy atom. The average molecular weight is 493 g/mol. The van der Waals surface area contributed by atoms with E-state index in [1.54, 1.807) is 18.2 Å². The van der Waals surface area contributed by atoms with Gasteiger partial charge in [-0.15, -0.1) is 0 Å². The second kappa shape index (κ2) is 9.74. The predicted molar refractivity (Wildman–Crippen MR) is 145 cm³/mol. The van der Waals surface area contributed by atoms with Crippen molar-refractivity contribution in [1.82, 2.24) is 0 Å². The van der Waals surface area contributed by atoms with Crippen molar-refractivity contribution in [1.29, 1.82) is 0 Å². The fraction of sp³-hybridized carbons (Fsp3) is 0.0968. The van der Waals surface area contributed by atoms with Gasteiger partial charge in [0.2, 0.25) is 0 Å². The number of carbonyl (C=O) groups excluding carboxylic acids is 1. The van der Waals surface area contributed by atoms with Crippen molar-refractivity contribution in [3.05, 3.63) is 119 Å². The first-order chi connectivity index (χ1) is 17.8. The van der Waals surface area contributed by atoms with Crippen LogP contribution in [0.4, 0.5) is 21.5 Å². The van der Waals surface area contributed by atoms with E-state index < -0.39 is 11.8 Å². The van der Waals surface area contributed by atoms with Gasteiger partial charge in [0.1, 0.15) is 5.82 Å². The van der Waals surface area contributed by atoms with Crippen molar-refractivity contribution >= 4 is 34.5 Å². The summed E-state index contributed by atoms with van der Waals surface area (Å²) in [6.07, 6.45) is 1.74. The van der Waals surface area contributed by atoms with E-state index in [4.69, 9.17) is 0 Å². The molecule has 0 radical (unpaired) electrons. The molecule has 0 spiro atoms. The summed E-state index contributed by atoms with van der Waals surface area (Å²) in [6, 6.07) is 24.7. The second-order valence-electron chi connectivity index (χ2n) is 9.04. The Morgan fingerprint density at radius 1 is 0.919 bits per heavy atom. The summed E-state index contributed by atoms with van der Waals surface area (Å²) in [5, 5.41) is 12.7.